The molecule has 3 rings (SSSR count). The van der Waals surface area contributed by atoms with E-state index in [1.165, 1.54) is 4.52 Å². The van der Waals surface area contributed by atoms with E-state index in [9.17, 15) is 4.79 Å². The Bertz CT molecular complexity index is 586. The fourth-order valence-electron chi connectivity index (χ4n) is 2.67. The summed E-state index contributed by atoms with van der Waals surface area (Å²) >= 11 is 0. The van der Waals surface area contributed by atoms with Crippen LogP contribution in [0.1, 0.15) is 29.9 Å². The van der Waals surface area contributed by atoms with Gasteiger partial charge in [-0.05, 0) is 31.2 Å². The van der Waals surface area contributed by atoms with Crippen LogP contribution in [-0.4, -0.2) is 57.2 Å². The Morgan fingerprint density at radius 3 is 2.95 bits per heavy atom. The molecule has 0 spiro atoms. The van der Waals surface area contributed by atoms with Crippen molar-refractivity contribution >= 4 is 11.7 Å². The van der Waals surface area contributed by atoms with Crippen LogP contribution >= 0.6 is 0 Å². The standard InChI is InChI=1S/C14H19N5O2/c1-21-10-5-11-3-8-18(9-4-11)13(20)12-16-14-15-6-2-7-19(14)17-12/h2,6-7,11H,3-5,8-10H2,1H3. The van der Waals surface area contributed by atoms with Gasteiger partial charge in [0.05, 0.1) is 0 Å². The zero-order valence-corrected chi connectivity index (χ0v) is 12.1. The first-order chi connectivity index (χ1) is 10.3. The van der Waals surface area contributed by atoms with Gasteiger partial charge in [0.15, 0.2) is 0 Å². The van der Waals surface area contributed by atoms with Crippen LogP contribution < -0.4 is 0 Å². The summed E-state index contributed by atoms with van der Waals surface area (Å²) in [4.78, 5) is 22.5. The summed E-state index contributed by atoms with van der Waals surface area (Å²) < 4.78 is 6.64. The highest BCUT2D eigenvalue weighted by atomic mass is 16.5. The second-order valence-corrected chi connectivity index (χ2v) is 5.32. The van der Waals surface area contributed by atoms with E-state index < -0.39 is 0 Å². The molecule has 0 atom stereocenters. The van der Waals surface area contributed by atoms with Crippen LogP contribution in [0.15, 0.2) is 18.5 Å². The number of aromatic nitrogens is 4. The smallest absolute Gasteiger partial charge is 0.293 e. The van der Waals surface area contributed by atoms with Crippen LogP contribution in [0.5, 0.6) is 0 Å². The highest BCUT2D eigenvalue weighted by molar-refractivity contribution is 5.90. The Labute approximate surface area is 122 Å². The molecule has 1 aliphatic heterocycles. The summed E-state index contributed by atoms with van der Waals surface area (Å²) in [6.07, 6.45) is 6.47. The van der Waals surface area contributed by atoms with Crippen LogP contribution in [0.2, 0.25) is 0 Å². The Kier molecular flexibility index (Phi) is 4.10. The van der Waals surface area contributed by atoms with E-state index in [0.29, 0.717) is 11.7 Å². The lowest BCUT2D eigenvalue weighted by Crippen LogP contribution is -2.39. The minimum Gasteiger partial charge on any atom is -0.385 e. The molecule has 1 amide bonds. The molecule has 0 radical (unpaired) electrons. The predicted molar refractivity (Wildman–Crippen MR) is 75.9 cm³/mol. The molecule has 1 saturated heterocycles. The van der Waals surface area contributed by atoms with Crippen LogP contribution in [0.4, 0.5) is 0 Å². The summed E-state index contributed by atoms with van der Waals surface area (Å²) in [5.74, 6) is 1.22. The first-order valence-electron chi connectivity index (χ1n) is 7.23. The zero-order valence-electron chi connectivity index (χ0n) is 12.1. The van der Waals surface area contributed by atoms with E-state index in [2.05, 4.69) is 15.1 Å². The maximum Gasteiger partial charge on any atom is 0.293 e. The molecule has 1 aliphatic rings. The number of rotatable bonds is 4. The number of fused-ring (bicyclic) bond motifs is 1. The van der Waals surface area contributed by atoms with Crippen LogP contribution in [-0.2, 0) is 4.74 Å². The van der Waals surface area contributed by atoms with Gasteiger partial charge in [0, 0.05) is 39.2 Å². The number of carbonyl (C=O) groups excluding carboxylic acids is 1. The third kappa shape index (κ3) is 3.02. The first-order valence-corrected chi connectivity index (χ1v) is 7.23. The van der Waals surface area contributed by atoms with Crippen molar-refractivity contribution in [2.75, 3.05) is 26.8 Å². The van der Waals surface area contributed by atoms with Crippen molar-refractivity contribution in [2.24, 2.45) is 5.92 Å². The second-order valence-electron chi connectivity index (χ2n) is 5.32. The largest absolute Gasteiger partial charge is 0.385 e. The van der Waals surface area contributed by atoms with Crippen molar-refractivity contribution in [1.29, 1.82) is 0 Å². The van der Waals surface area contributed by atoms with Crippen molar-refractivity contribution in [3.63, 3.8) is 0 Å². The molecule has 0 aromatic carbocycles. The number of nitrogens with zero attached hydrogens (tertiary/aromatic N) is 5. The molecule has 7 nitrogen and oxygen atoms in total. The molecule has 1 fully saturated rings. The number of carbonyl (C=O) groups is 1. The van der Waals surface area contributed by atoms with Gasteiger partial charge in [0.1, 0.15) is 0 Å². The molecule has 2 aromatic rings. The SMILES string of the molecule is COCCC1CCN(C(=O)c2nc3ncccn3n2)CC1. The lowest BCUT2D eigenvalue weighted by Gasteiger charge is -2.31. The Morgan fingerprint density at radius 1 is 1.43 bits per heavy atom. The zero-order chi connectivity index (χ0) is 14.7. The highest BCUT2D eigenvalue weighted by Gasteiger charge is 2.26. The third-order valence-corrected chi connectivity index (χ3v) is 3.94. The van der Waals surface area contributed by atoms with Crippen molar-refractivity contribution < 1.29 is 9.53 Å². The topological polar surface area (TPSA) is 72.6 Å². The predicted octanol–water partition coefficient (Wildman–Crippen LogP) is 1.01. The van der Waals surface area contributed by atoms with Crippen molar-refractivity contribution in [3.05, 3.63) is 24.3 Å². The third-order valence-electron chi connectivity index (χ3n) is 3.94. The number of hydrogen-bond donors (Lipinski definition) is 0. The van der Waals surface area contributed by atoms with Gasteiger partial charge in [-0.25, -0.2) is 9.50 Å². The molecule has 2 aromatic heterocycles. The maximum atomic E-state index is 12.4. The molecular formula is C14H19N5O2. The van der Waals surface area contributed by atoms with Gasteiger partial charge in [-0.2, -0.15) is 4.98 Å². The number of likely N-dealkylation sites (tertiary alicyclic amines) is 1. The van der Waals surface area contributed by atoms with Crippen molar-refractivity contribution in [1.82, 2.24) is 24.5 Å². The molecule has 112 valence electrons. The molecule has 0 bridgehead atoms. The number of methoxy groups -OCH3 is 1. The number of ether oxygens (including phenoxy) is 1. The van der Waals surface area contributed by atoms with Gasteiger partial charge in [-0.15, -0.1) is 5.10 Å². The van der Waals surface area contributed by atoms with E-state index in [0.717, 1.165) is 39.0 Å². The number of piperidine rings is 1. The van der Waals surface area contributed by atoms with Crippen molar-refractivity contribution in [3.8, 4) is 0 Å². The van der Waals surface area contributed by atoms with E-state index >= 15 is 0 Å². The Morgan fingerprint density at radius 2 is 2.24 bits per heavy atom. The summed E-state index contributed by atoms with van der Waals surface area (Å²) in [6.45, 7) is 2.31. The minimum atomic E-state index is -0.106. The van der Waals surface area contributed by atoms with Gasteiger partial charge in [0.2, 0.25) is 5.82 Å². The molecule has 0 unspecified atom stereocenters. The first kappa shape index (κ1) is 13.9. The molecule has 3 heterocycles. The van der Waals surface area contributed by atoms with Gasteiger partial charge in [-0.3, -0.25) is 4.79 Å². The summed E-state index contributed by atoms with van der Waals surface area (Å²) in [6, 6.07) is 1.76. The van der Waals surface area contributed by atoms with Gasteiger partial charge < -0.3 is 9.64 Å². The molecule has 21 heavy (non-hydrogen) atoms. The number of amides is 1. The molecule has 0 aliphatic carbocycles. The normalized spacial score (nSPS) is 16.5. The Balaban J connectivity index is 1.63. The maximum absolute atomic E-state index is 12.4. The van der Waals surface area contributed by atoms with E-state index in [-0.39, 0.29) is 11.7 Å². The van der Waals surface area contributed by atoms with Gasteiger partial charge >= 0.3 is 0 Å². The quantitative estimate of drug-likeness (QED) is 0.840. The van der Waals surface area contributed by atoms with Crippen LogP contribution in [0, 0.1) is 5.92 Å². The highest BCUT2D eigenvalue weighted by Crippen LogP contribution is 2.21. The lowest BCUT2D eigenvalue weighted by atomic mass is 9.94. The fourth-order valence-corrected chi connectivity index (χ4v) is 2.67. The van der Waals surface area contributed by atoms with Gasteiger partial charge in [-0.1, -0.05) is 0 Å². The Hall–Kier alpha value is -2.02. The van der Waals surface area contributed by atoms with Crippen molar-refractivity contribution in [2.45, 2.75) is 19.3 Å². The molecule has 0 N–H and O–H groups in total. The summed E-state index contributed by atoms with van der Waals surface area (Å²) in [5, 5.41) is 4.19. The number of hydrogen-bond acceptors (Lipinski definition) is 5. The molecule has 7 heteroatoms. The van der Waals surface area contributed by atoms with E-state index in [1.54, 1.807) is 25.6 Å². The second kappa shape index (κ2) is 6.17. The van der Waals surface area contributed by atoms with Crippen LogP contribution in [0.25, 0.3) is 5.78 Å². The monoisotopic (exact) mass is 289 g/mol. The average Bonchev–Trinajstić information content (AvgIpc) is 2.96. The summed E-state index contributed by atoms with van der Waals surface area (Å²) in [5.41, 5.74) is 0. The lowest BCUT2D eigenvalue weighted by molar-refractivity contribution is 0.0658. The van der Waals surface area contributed by atoms with E-state index in [4.69, 9.17) is 4.74 Å². The molecular weight excluding hydrogens is 270 g/mol. The van der Waals surface area contributed by atoms with Gasteiger partial charge in [0.25, 0.3) is 11.7 Å². The van der Waals surface area contributed by atoms with E-state index in [1.807, 2.05) is 4.90 Å². The average molecular weight is 289 g/mol. The molecule has 0 saturated carbocycles. The minimum absolute atomic E-state index is 0.106. The summed E-state index contributed by atoms with van der Waals surface area (Å²) in [7, 11) is 1.72. The van der Waals surface area contributed by atoms with Crippen LogP contribution in [0.3, 0.4) is 0 Å². The fraction of sp³-hybridized carbons (Fsp3) is 0.571.